The molecule has 0 aliphatic heterocycles. The Hall–Kier alpha value is -4.60. The van der Waals surface area contributed by atoms with Crippen LogP contribution in [-0.4, -0.2) is 29.5 Å². The van der Waals surface area contributed by atoms with E-state index in [9.17, 15) is 13.6 Å². The van der Waals surface area contributed by atoms with Gasteiger partial charge in [0.05, 0.1) is 16.9 Å². The van der Waals surface area contributed by atoms with Crippen LogP contribution in [0.4, 0.5) is 14.5 Å². The maximum Gasteiger partial charge on any atom is 0.282 e. The first kappa shape index (κ1) is 26.0. The SMILES string of the molecule is Cc1cc([C@@H](C)Nc2ccc(C)nc2C(F)F)c2cc(-c3cnc(-c4cnc(C)nc4)nc3)n(C)c(=O)c2c1. The Balaban J connectivity index is 1.59. The van der Waals surface area contributed by atoms with Gasteiger partial charge in [0.2, 0.25) is 0 Å². The summed E-state index contributed by atoms with van der Waals surface area (Å²) >= 11 is 0. The van der Waals surface area contributed by atoms with E-state index in [-0.39, 0.29) is 16.9 Å². The molecule has 0 radical (unpaired) electrons. The molecule has 0 saturated heterocycles. The second kappa shape index (κ2) is 10.3. The van der Waals surface area contributed by atoms with Gasteiger partial charge in [0.15, 0.2) is 5.82 Å². The second-order valence-corrected chi connectivity index (χ2v) is 9.58. The molecule has 198 valence electrons. The Kier molecular flexibility index (Phi) is 6.86. The largest absolute Gasteiger partial charge is 0.377 e. The Morgan fingerprint density at radius 1 is 0.872 bits per heavy atom. The van der Waals surface area contributed by atoms with Crippen molar-refractivity contribution in [3.05, 3.63) is 93.8 Å². The minimum atomic E-state index is -2.72. The summed E-state index contributed by atoms with van der Waals surface area (Å²) in [6.45, 7) is 7.26. The number of aromatic nitrogens is 6. The number of rotatable bonds is 6. The molecule has 5 rings (SSSR count). The molecule has 0 spiro atoms. The monoisotopic (exact) mass is 527 g/mol. The molecule has 1 aromatic carbocycles. The third kappa shape index (κ3) is 5.09. The predicted octanol–water partition coefficient (Wildman–Crippen LogP) is 5.88. The molecule has 5 aromatic rings. The molecule has 0 amide bonds. The fourth-order valence-corrected chi connectivity index (χ4v) is 4.62. The minimum absolute atomic E-state index is 0.180. The number of nitrogens with zero attached hydrogens (tertiary/aromatic N) is 6. The lowest BCUT2D eigenvalue weighted by atomic mass is 9.96. The molecule has 1 N–H and O–H groups in total. The zero-order valence-corrected chi connectivity index (χ0v) is 22.2. The summed E-state index contributed by atoms with van der Waals surface area (Å²) in [4.78, 5) is 34.8. The van der Waals surface area contributed by atoms with Crippen molar-refractivity contribution in [2.24, 2.45) is 7.05 Å². The fourth-order valence-electron chi connectivity index (χ4n) is 4.62. The van der Waals surface area contributed by atoms with E-state index in [0.29, 0.717) is 44.9 Å². The number of fused-ring (bicyclic) bond motifs is 1. The lowest BCUT2D eigenvalue weighted by molar-refractivity contribution is 0.146. The highest BCUT2D eigenvalue weighted by Crippen LogP contribution is 2.33. The van der Waals surface area contributed by atoms with Crippen molar-refractivity contribution in [1.29, 1.82) is 0 Å². The molecule has 8 nitrogen and oxygen atoms in total. The van der Waals surface area contributed by atoms with Gasteiger partial charge < -0.3 is 9.88 Å². The van der Waals surface area contributed by atoms with Crippen LogP contribution in [0.15, 0.2) is 59.9 Å². The normalized spacial score (nSPS) is 12.2. The predicted molar refractivity (Wildman–Crippen MR) is 147 cm³/mol. The van der Waals surface area contributed by atoms with Gasteiger partial charge in [-0.1, -0.05) is 6.07 Å². The average Bonchev–Trinajstić information content (AvgIpc) is 2.92. The zero-order chi connectivity index (χ0) is 27.8. The highest BCUT2D eigenvalue weighted by Gasteiger charge is 2.20. The third-order valence-electron chi connectivity index (χ3n) is 6.63. The smallest absolute Gasteiger partial charge is 0.282 e. The van der Waals surface area contributed by atoms with Gasteiger partial charge in [0.1, 0.15) is 11.5 Å². The van der Waals surface area contributed by atoms with E-state index >= 15 is 0 Å². The molecule has 0 aliphatic rings. The van der Waals surface area contributed by atoms with E-state index in [2.05, 4.69) is 30.2 Å². The third-order valence-corrected chi connectivity index (χ3v) is 6.63. The van der Waals surface area contributed by atoms with E-state index in [1.165, 1.54) is 0 Å². The maximum atomic E-state index is 13.7. The van der Waals surface area contributed by atoms with Crippen LogP contribution in [-0.2, 0) is 7.05 Å². The van der Waals surface area contributed by atoms with Crippen LogP contribution in [0.1, 0.15) is 47.7 Å². The maximum absolute atomic E-state index is 13.7. The molecule has 4 heterocycles. The zero-order valence-electron chi connectivity index (χ0n) is 22.2. The van der Waals surface area contributed by atoms with Crippen LogP contribution >= 0.6 is 0 Å². The van der Waals surface area contributed by atoms with Crippen LogP contribution in [0, 0.1) is 20.8 Å². The topological polar surface area (TPSA) is 98.5 Å². The highest BCUT2D eigenvalue weighted by molar-refractivity contribution is 5.89. The van der Waals surface area contributed by atoms with Crippen molar-refractivity contribution in [2.45, 2.75) is 40.2 Å². The first-order valence-corrected chi connectivity index (χ1v) is 12.4. The van der Waals surface area contributed by atoms with Crippen LogP contribution < -0.4 is 10.9 Å². The molecule has 0 aliphatic carbocycles. The molecule has 0 bridgehead atoms. The van der Waals surface area contributed by atoms with Gasteiger partial charge in [-0.3, -0.25) is 4.79 Å². The summed E-state index contributed by atoms with van der Waals surface area (Å²) in [5.41, 5.74) is 3.95. The first-order chi connectivity index (χ1) is 18.6. The Labute approximate surface area is 223 Å². The summed E-state index contributed by atoms with van der Waals surface area (Å²) in [7, 11) is 1.70. The number of hydrogen-bond donors (Lipinski definition) is 1. The van der Waals surface area contributed by atoms with E-state index < -0.39 is 12.5 Å². The molecule has 0 unspecified atom stereocenters. The molecule has 0 fully saturated rings. The molecule has 1 atom stereocenters. The van der Waals surface area contributed by atoms with Crippen molar-refractivity contribution in [3.8, 4) is 22.6 Å². The number of benzene rings is 1. The highest BCUT2D eigenvalue weighted by atomic mass is 19.3. The van der Waals surface area contributed by atoms with Gasteiger partial charge in [-0.2, -0.15) is 0 Å². The fraction of sp³-hybridized carbons (Fsp3) is 0.241. The number of nitrogens with one attached hydrogen (secondary N) is 1. The van der Waals surface area contributed by atoms with Crippen LogP contribution in [0.3, 0.4) is 0 Å². The van der Waals surface area contributed by atoms with E-state index in [1.807, 2.05) is 32.0 Å². The molecule has 39 heavy (non-hydrogen) atoms. The lowest BCUT2D eigenvalue weighted by Gasteiger charge is -2.21. The standard InChI is InChI=1S/C29H27F2N7O/c1-15-8-21(17(3)37-24-7-6-16(2)36-26(24)27(30)31)22-10-25(38(5)29(39)23(22)9-15)19-11-34-28(35-12-19)20-13-32-18(4)33-14-20/h6-14,17,27,37H,1-5H3/t17-/m1/s1. The van der Waals surface area contributed by atoms with Crippen LogP contribution in [0.2, 0.25) is 0 Å². The number of anilines is 1. The summed E-state index contributed by atoms with van der Waals surface area (Å²) < 4.78 is 29.0. The first-order valence-electron chi connectivity index (χ1n) is 12.4. The van der Waals surface area contributed by atoms with Gasteiger partial charge in [0.25, 0.3) is 12.0 Å². The van der Waals surface area contributed by atoms with E-state index in [1.54, 1.807) is 62.4 Å². The number of pyridine rings is 2. The Morgan fingerprint density at radius 2 is 1.54 bits per heavy atom. The summed E-state index contributed by atoms with van der Waals surface area (Å²) in [6.07, 6.45) is 3.92. The lowest BCUT2D eigenvalue weighted by Crippen LogP contribution is -2.20. The van der Waals surface area contributed by atoms with Crippen molar-refractivity contribution in [1.82, 2.24) is 29.5 Å². The van der Waals surface area contributed by atoms with E-state index in [0.717, 1.165) is 11.1 Å². The van der Waals surface area contributed by atoms with E-state index in [4.69, 9.17) is 0 Å². The average molecular weight is 528 g/mol. The molecular formula is C29H27F2N7O. The Bertz CT molecular complexity index is 1730. The van der Waals surface area contributed by atoms with Gasteiger partial charge in [0, 0.05) is 54.5 Å². The summed E-state index contributed by atoms with van der Waals surface area (Å²) in [5.74, 6) is 1.13. The van der Waals surface area contributed by atoms with Crippen molar-refractivity contribution >= 4 is 16.5 Å². The van der Waals surface area contributed by atoms with Crippen molar-refractivity contribution < 1.29 is 8.78 Å². The molecule has 4 aromatic heterocycles. The second-order valence-electron chi connectivity index (χ2n) is 9.58. The molecule has 10 heteroatoms. The molecule has 0 saturated carbocycles. The van der Waals surface area contributed by atoms with Gasteiger partial charge >= 0.3 is 0 Å². The number of hydrogen-bond acceptors (Lipinski definition) is 7. The van der Waals surface area contributed by atoms with Crippen LogP contribution in [0.5, 0.6) is 0 Å². The number of alkyl halides is 2. The van der Waals surface area contributed by atoms with Crippen LogP contribution in [0.25, 0.3) is 33.4 Å². The van der Waals surface area contributed by atoms with Gasteiger partial charge in [-0.15, -0.1) is 0 Å². The quantitative estimate of drug-likeness (QED) is 0.294. The summed E-state index contributed by atoms with van der Waals surface area (Å²) in [5, 5.41) is 4.44. The summed E-state index contributed by atoms with van der Waals surface area (Å²) in [6, 6.07) is 8.63. The molecular weight excluding hydrogens is 500 g/mol. The van der Waals surface area contributed by atoms with Crippen molar-refractivity contribution in [3.63, 3.8) is 0 Å². The number of halogens is 2. The number of aryl methyl sites for hydroxylation is 3. The van der Waals surface area contributed by atoms with Crippen molar-refractivity contribution in [2.75, 3.05) is 5.32 Å². The van der Waals surface area contributed by atoms with Gasteiger partial charge in [-0.25, -0.2) is 33.7 Å². The Morgan fingerprint density at radius 3 is 2.21 bits per heavy atom. The minimum Gasteiger partial charge on any atom is -0.377 e. The van der Waals surface area contributed by atoms with Gasteiger partial charge in [-0.05, 0) is 68.5 Å².